The van der Waals surface area contributed by atoms with Crippen LogP contribution in [0, 0.1) is 0 Å². The maximum Gasteiger partial charge on any atom is 0.387 e. The van der Waals surface area contributed by atoms with E-state index in [9.17, 15) is 13.6 Å². The zero-order chi connectivity index (χ0) is 13.4. The molecular formula is C12H15F2NO3. The van der Waals surface area contributed by atoms with E-state index in [0.717, 1.165) is 5.56 Å². The summed E-state index contributed by atoms with van der Waals surface area (Å²) in [5, 5.41) is 2.64. The van der Waals surface area contributed by atoms with Crippen molar-refractivity contribution in [3.63, 3.8) is 0 Å². The van der Waals surface area contributed by atoms with Gasteiger partial charge in [0, 0.05) is 13.2 Å². The van der Waals surface area contributed by atoms with E-state index in [1.54, 1.807) is 19.1 Å². The molecule has 0 unspecified atom stereocenters. The summed E-state index contributed by atoms with van der Waals surface area (Å²) >= 11 is 0. The van der Waals surface area contributed by atoms with Gasteiger partial charge in [-0.1, -0.05) is 12.1 Å². The molecule has 0 heterocycles. The molecule has 0 saturated heterocycles. The van der Waals surface area contributed by atoms with Crippen LogP contribution in [0.5, 0.6) is 5.75 Å². The lowest BCUT2D eigenvalue weighted by atomic mass is 10.2. The zero-order valence-electron chi connectivity index (χ0n) is 9.99. The van der Waals surface area contributed by atoms with Crippen LogP contribution in [-0.4, -0.2) is 25.7 Å². The summed E-state index contributed by atoms with van der Waals surface area (Å²) in [6.07, 6.45) is 0. The summed E-state index contributed by atoms with van der Waals surface area (Å²) in [7, 11) is 0. The van der Waals surface area contributed by atoms with E-state index in [-0.39, 0.29) is 18.3 Å². The number of ether oxygens (including phenoxy) is 2. The Kier molecular flexibility index (Phi) is 6.07. The molecule has 4 nitrogen and oxygen atoms in total. The summed E-state index contributed by atoms with van der Waals surface area (Å²) in [4.78, 5) is 11.2. The minimum Gasteiger partial charge on any atom is -0.435 e. The quantitative estimate of drug-likeness (QED) is 0.814. The lowest BCUT2D eigenvalue weighted by Crippen LogP contribution is -2.27. The molecule has 18 heavy (non-hydrogen) atoms. The molecule has 1 amide bonds. The molecule has 6 heteroatoms. The number of halogens is 2. The molecule has 0 fully saturated rings. The Labute approximate surface area is 104 Å². The van der Waals surface area contributed by atoms with Crippen LogP contribution >= 0.6 is 0 Å². The van der Waals surface area contributed by atoms with Crippen LogP contribution in [0.3, 0.4) is 0 Å². The minimum absolute atomic E-state index is 0.0169. The third-order valence-electron chi connectivity index (χ3n) is 2.08. The smallest absolute Gasteiger partial charge is 0.387 e. The van der Waals surface area contributed by atoms with Crippen LogP contribution in [0.1, 0.15) is 12.5 Å². The molecule has 1 N–H and O–H groups in total. The van der Waals surface area contributed by atoms with Crippen molar-refractivity contribution < 1.29 is 23.0 Å². The highest BCUT2D eigenvalue weighted by Gasteiger charge is 2.04. The molecule has 0 saturated carbocycles. The van der Waals surface area contributed by atoms with Crippen molar-refractivity contribution in [2.24, 2.45) is 0 Å². The first-order valence-corrected chi connectivity index (χ1v) is 5.50. The lowest BCUT2D eigenvalue weighted by Gasteiger charge is -2.07. The van der Waals surface area contributed by atoms with Crippen molar-refractivity contribution >= 4 is 5.91 Å². The molecule has 0 aliphatic rings. The Hall–Kier alpha value is -1.69. The van der Waals surface area contributed by atoms with Gasteiger partial charge in [-0.05, 0) is 24.6 Å². The molecule has 1 aromatic carbocycles. The average Bonchev–Trinajstić information content (AvgIpc) is 2.35. The van der Waals surface area contributed by atoms with Gasteiger partial charge in [0.05, 0.1) is 0 Å². The zero-order valence-corrected chi connectivity index (χ0v) is 9.99. The van der Waals surface area contributed by atoms with E-state index in [1.807, 2.05) is 0 Å². The summed E-state index contributed by atoms with van der Waals surface area (Å²) in [6.45, 7) is -0.215. The van der Waals surface area contributed by atoms with Crippen molar-refractivity contribution in [2.75, 3.05) is 13.2 Å². The first-order valence-electron chi connectivity index (χ1n) is 5.50. The van der Waals surface area contributed by atoms with Gasteiger partial charge in [0.15, 0.2) is 0 Å². The molecule has 0 atom stereocenters. The highest BCUT2D eigenvalue weighted by Crippen LogP contribution is 2.14. The van der Waals surface area contributed by atoms with Crippen molar-refractivity contribution in [2.45, 2.75) is 20.1 Å². The molecule has 100 valence electrons. The molecule has 1 rings (SSSR count). The number of carbonyl (C=O) groups is 1. The van der Waals surface area contributed by atoms with Crippen LogP contribution in [0.4, 0.5) is 8.78 Å². The van der Waals surface area contributed by atoms with Gasteiger partial charge in [0.2, 0.25) is 5.91 Å². The number of nitrogens with one attached hydrogen (secondary N) is 1. The van der Waals surface area contributed by atoms with Gasteiger partial charge >= 0.3 is 6.61 Å². The summed E-state index contributed by atoms with van der Waals surface area (Å²) in [6, 6.07) is 6.07. The van der Waals surface area contributed by atoms with Crippen molar-refractivity contribution in [1.82, 2.24) is 5.32 Å². The molecule has 1 aromatic rings. The molecule has 0 aromatic heterocycles. The number of amides is 1. The van der Waals surface area contributed by atoms with Crippen molar-refractivity contribution in [3.05, 3.63) is 29.8 Å². The Morgan fingerprint density at radius 1 is 1.33 bits per heavy atom. The van der Waals surface area contributed by atoms with Crippen LogP contribution in [0.25, 0.3) is 0 Å². The van der Waals surface area contributed by atoms with Crippen LogP contribution in [-0.2, 0) is 16.1 Å². The normalized spacial score (nSPS) is 10.4. The van der Waals surface area contributed by atoms with Gasteiger partial charge in [0.25, 0.3) is 0 Å². The predicted octanol–water partition coefficient (Wildman–Crippen LogP) is 1.94. The molecule has 0 aliphatic heterocycles. The number of hydrogen-bond donors (Lipinski definition) is 1. The topological polar surface area (TPSA) is 47.6 Å². The molecule has 0 bridgehead atoms. The highest BCUT2D eigenvalue weighted by molar-refractivity contribution is 5.77. The van der Waals surface area contributed by atoms with Crippen molar-refractivity contribution in [3.8, 4) is 5.75 Å². The molecule has 0 spiro atoms. The fraction of sp³-hybridized carbons (Fsp3) is 0.417. The summed E-state index contributed by atoms with van der Waals surface area (Å²) in [5.74, 6) is -0.126. The predicted molar refractivity (Wildman–Crippen MR) is 61.4 cm³/mol. The number of hydrogen-bond acceptors (Lipinski definition) is 3. The Bertz CT molecular complexity index is 368. The summed E-state index contributed by atoms with van der Waals surface area (Å²) in [5.41, 5.74) is 0.793. The van der Waals surface area contributed by atoms with E-state index in [4.69, 9.17) is 4.74 Å². The largest absolute Gasteiger partial charge is 0.435 e. The van der Waals surface area contributed by atoms with Gasteiger partial charge in [0.1, 0.15) is 12.4 Å². The van der Waals surface area contributed by atoms with Crippen LogP contribution < -0.4 is 10.1 Å². The molecular weight excluding hydrogens is 244 g/mol. The third-order valence-corrected chi connectivity index (χ3v) is 2.08. The average molecular weight is 259 g/mol. The fourth-order valence-corrected chi connectivity index (χ4v) is 1.24. The van der Waals surface area contributed by atoms with Gasteiger partial charge in [-0.3, -0.25) is 4.79 Å². The second kappa shape index (κ2) is 7.60. The second-order valence-electron chi connectivity index (χ2n) is 3.44. The molecule has 0 aliphatic carbocycles. The van der Waals surface area contributed by atoms with Gasteiger partial charge in [-0.15, -0.1) is 0 Å². The van der Waals surface area contributed by atoms with Crippen LogP contribution in [0.2, 0.25) is 0 Å². The lowest BCUT2D eigenvalue weighted by molar-refractivity contribution is -0.125. The number of rotatable bonds is 7. The standard InChI is InChI=1S/C12H15F2NO3/c1-2-17-8-11(16)15-7-9-3-5-10(6-4-9)18-12(13)14/h3-6,12H,2,7-8H2,1H3,(H,15,16). The first kappa shape index (κ1) is 14.4. The van der Waals surface area contributed by atoms with E-state index in [0.29, 0.717) is 13.2 Å². The van der Waals surface area contributed by atoms with E-state index >= 15 is 0 Å². The van der Waals surface area contributed by atoms with E-state index in [1.165, 1.54) is 12.1 Å². The van der Waals surface area contributed by atoms with E-state index < -0.39 is 6.61 Å². The monoisotopic (exact) mass is 259 g/mol. The Balaban J connectivity index is 2.37. The van der Waals surface area contributed by atoms with Crippen LogP contribution in [0.15, 0.2) is 24.3 Å². The third kappa shape index (κ3) is 5.58. The van der Waals surface area contributed by atoms with Crippen molar-refractivity contribution in [1.29, 1.82) is 0 Å². The fourth-order valence-electron chi connectivity index (χ4n) is 1.24. The number of benzene rings is 1. The maximum atomic E-state index is 11.9. The highest BCUT2D eigenvalue weighted by atomic mass is 19.3. The SMILES string of the molecule is CCOCC(=O)NCc1ccc(OC(F)F)cc1. The Morgan fingerprint density at radius 2 is 2.00 bits per heavy atom. The maximum absolute atomic E-state index is 11.9. The number of alkyl halides is 2. The first-order chi connectivity index (χ1) is 8.61. The minimum atomic E-state index is -2.83. The second-order valence-corrected chi connectivity index (χ2v) is 3.44. The van der Waals surface area contributed by atoms with Gasteiger partial charge < -0.3 is 14.8 Å². The van der Waals surface area contributed by atoms with Gasteiger partial charge in [-0.25, -0.2) is 0 Å². The van der Waals surface area contributed by atoms with Gasteiger partial charge in [-0.2, -0.15) is 8.78 Å². The summed E-state index contributed by atoms with van der Waals surface area (Å²) < 4.78 is 32.9. The number of carbonyl (C=O) groups excluding carboxylic acids is 1. The van der Waals surface area contributed by atoms with E-state index in [2.05, 4.69) is 10.1 Å². The molecule has 0 radical (unpaired) electrons. The Morgan fingerprint density at radius 3 is 2.56 bits per heavy atom.